The second-order valence-electron chi connectivity index (χ2n) is 10.2. The Hall–Kier alpha value is -3.74. The number of hydrogen-bond acceptors (Lipinski definition) is 8. The lowest BCUT2D eigenvalue weighted by atomic mass is 9.96. The molecule has 1 saturated heterocycles. The third-order valence-electron chi connectivity index (χ3n) is 6.48. The van der Waals surface area contributed by atoms with Crippen molar-refractivity contribution in [1.29, 1.82) is 5.26 Å². The summed E-state index contributed by atoms with van der Waals surface area (Å²) in [6.07, 6.45) is 3.45. The van der Waals surface area contributed by atoms with E-state index in [2.05, 4.69) is 20.2 Å². The van der Waals surface area contributed by atoms with Crippen molar-refractivity contribution in [2.45, 2.75) is 64.0 Å². The van der Waals surface area contributed by atoms with Crippen molar-refractivity contribution in [2.24, 2.45) is 0 Å². The summed E-state index contributed by atoms with van der Waals surface area (Å²) in [5, 5.41) is 17.0. The number of hydrogen-bond donors (Lipinski definition) is 0. The first kappa shape index (κ1) is 23.0. The molecule has 0 spiro atoms. The maximum Gasteiger partial charge on any atom is 0.324 e. The lowest BCUT2D eigenvalue weighted by Gasteiger charge is -2.37. The number of nitrogens with zero attached hydrogens (tertiary/aromatic N) is 6. The fourth-order valence-corrected chi connectivity index (χ4v) is 4.39. The molecule has 10 heteroatoms. The molecule has 1 aliphatic carbocycles. The molecule has 0 atom stereocenters. The second kappa shape index (κ2) is 8.80. The van der Waals surface area contributed by atoms with Crippen molar-refractivity contribution >= 4 is 11.9 Å². The van der Waals surface area contributed by atoms with E-state index in [1.807, 2.05) is 31.7 Å². The van der Waals surface area contributed by atoms with Gasteiger partial charge in [-0.25, -0.2) is 4.39 Å². The van der Waals surface area contributed by atoms with Gasteiger partial charge in [0.15, 0.2) is 17.3 Å². The summed E-state index contributed by atoms with van der Waals surface area (Å²) in [7, 11) is 0. The molecule has 2 aromatic heterocycles. The topological polar surface area (TPSA) is 112 Å². The van der Waals surface area contributed by atoms with Gasteiger partial charge in [0.25, 0.3) is 5.91 Å². The molecular formula is C25H27FN6O3. The van der Waals surface area contributed by atoms with E-state index in [4.69, 9.17) is 14.3 Å². The van der Waals surface area contributed by atoms with Crippen LogP contribution in [0.5, 0.6) is 0 Å². The lowest BCUT2D eigenvalue weighted by Crippen LogP contribution is -2.48. The lowest BCUT2D eigenvalue weighted by molar-refractivity contribution is 0.0619. The third-order valence-corrected chi connectivity index (χ3v) is 6.48. The highest BCUT2D eigenvalue weighted by molar-refractivity contribution is 5.93. The van der Waals surface area contributed by atoms with Crippen LogP contribution in [0.25, 0.3) is 11.3 Å². The van der Waals surface area contributed by atoms with Crippen LogP contribution < -0.4 is 4.90 Å². The van der Waals surface area contributed by atoms with E-state index in [0.29, 0.717) is 24.9 Å². The number of benzene rings is 1. The molecule has 0 unspecified atom stereocenters. The number of nitriles is 1. The summed E-state index contributed by atoms with van der Waals surface area (Å²) >= 11 is 0. The van der Waals surface area contributed by atoms with Gasteiger partial charge in [0, 0.05) is 36.7 Å². The second-order valence-corrected chi connectivity index (χ2v) is 10.2. The molecule has 1 aliphatic heterocycles. The highest BCUT2D eigenvalue weighted by atomic mass is 19.1. The Morgan fingerprint density at radius 3 is 2.43 bits per heavy atom. The van der Waals surface area contributed by atoms with Crippen LogP contribution in [0, 0.1) is 17.1 Å². The van der Waals surface area contributed by atoms with Gasteiger partial charge in [-0.05, 0) is 43.9 Å². The van der Waals surface area contributed by atoms with Crippen LogP contribution in [0.1, 0.15) is 68.3 Å². The van der Waals surface area contributed by atoms with Gasteiger partial charge in [-0.3, -0.25) is 4.79 Å². The summed E-state index contributed by atoms with van der Waals surface area (Å²) in [6, 6.07) is 8.23. The van der Waals surface area contributed by atoms with Crippen LogP contribution >= 0.6 is 0 Å². The molecule has 0 radical (unpaired) electrons. The quantitative estimate of drug-likeness (QED) is 0.533. The molecule has 5 rings (SSSR count). The van der Waals surface area contributed by atoms with E-state index < -0.39 is 5.82 Å². The smallest absolute Gasteiger partial charge is 0.324 e. The summed E-state index contributed by atoms with van der Waals surface area (Å²) in [5.41, 5.74) is 0.344. The SMILES string of the molecule is CC(C)(C)c1noc(N2CCC(N(C(=O)c3cc(-c4ccc(C#N)cc4F)on3)C3CC3)CC2)n1. The Morgan fingerprint density at radius 1 is 1.11 bits per heavy atom. The number of halogens is 1. The first-order valence-electron chi connectivity index (χ1n) is 11.8. The third kappa shape index (κ3) is 4.63. The Balaban J connectivity index is 1.29. The highest BCUT2D eigenvalue weighted by Gasteiger charge is 2.40. The average Bonchev–Trinajstić information content (AvgIpc) is 3.33. The van der Waals surface area contributed by atoms with Crippen LogP contribution in [0.15, 0.2) is 33.3 Å². The van der Waals surface area contributed by atoms with Gasteiger partial charge in [0.2, 0.25) is 0 Å². The van der Waals surface area contributed by atoms with Crippen LogP contribution in [-0.2, 0) is 5.41 Å². The van der Waals surface area contributed by atoms with E-state index in [1.165, 1.54) is 18.2 Å². The molecular weight excluding hydrogens is 451 g/mol. The summed E-state index contributed by atoms with van der Waals surface area (Å²) in [5.74, 6) is 0.0287. The van der Waals surface area contributed by atoms with Crippen molar-refractivity contribution in [3.05, 3.63) is 47.2 Å². The van der Waals surface area contributed by atoms with Crippen LogP contribution in [0.3, 0.4) is 0 Å². The zero-order valence-electron chi connectivity index (χ0n) is 20.0. The van der Waals surface area contributed by atoms with Crippen LogP contribution in [0.4, 0.5) is 10.4 Å². The molecule has 35 heavy (non-hydrogen) atoms. The number of carbonyl (C=O) groups is 1. The number of rotatable bonds is 5. The first-order valence-corrected chi connectivity index (χ1v) is 11.8. The van der Waals surface area contributed by atoms with Gasteiger partial charge in [0.1, 0.15) is 5.82 Å². The van der Waals surface area contributed by atoms with E-state index in [1.54, 1.807) is 0 Å². The zero-order chi connectivity index (χ0) is 24.7. The predicted molar refractivity (Wildman–Crippen MR) is 124 cm³/mol. The maximum absolute atomic E-state index is 14.4. The van der Waals surface area contributed by atoms with Crippen molar-refractivity contribution in [3.8, 4) is 17.4 Å². The fourth-order valence-electron chi connectivity index (χ4n) is 4.39. The average molecular weight is 479 g/mol. The monoisotopic (exact) mass is 478 g/mol. The Kier molecular flexibility index (Phi) is 5.79. The van der Waals surface area contributed by atoms with E-state index in [9.17, 15) is 9.18 Å². The number of carbonyl (C=O) groups excluding carboxylic acids is 1. The van der Waals surface area contributed by atoms with E-state index in [0.717, 1.165) is 31.7 Å². The van der Waals surface area contributed by atoms with Crippen LogP contribution in [-0.4, -0.2) is 51.3 Å². The standard InChI is InChI=1S/C25H27FN6O3/c1-25(2,3)23-28-24(35-30-23)31-10-8-17(9-11-31)32(16-5-6-16)22(33)20-13-21(34-29-20)18-7-4-15(14-27)12-19(18)26/h4,7,12-13,16-17H,5-6,8-11H2,1-3H3. The molecule has 2 fully saturated rings. The highest BCUT2D eigenvalue weighted by Crippen LogP contribution is 2.35. The molecule has 1 saturated carbocycles. The minimum Gasteiger partial charge on any atom is -0.355 e. The number of aromatic nitrogens is 3. The van der Waals surface area contributed by atoms with E-state index in [-0.39, 0.29) is 46.0 Å². The minimum atomic E-state index is -0.596. The summed E-state index contributed by atoms with van der Waals surface area (Å²) < 4.78 is 25.2. The molecule has 3 heterocycles. The molecule has 1 amide bonds. The normalized spacial score (nSPS) is 16.8. The number of piperidine rings is 1. The summed E-state index contributed by atoms with van der Waals surface area (Å²) in [6.45, 7) is 7.52. The number of anilines is 1. The molecule has 3 aromatic rings. The van der Waals surface area contributed by atoms with Crippen LogP contribution in [0.2, 0.25) is 0 Å². The zero-order valence-corrected chi connectivity index (χ0v) is 20.0. The molecule has 1 aromatic carbocycles. The largest absolute Gasteiger partial charge is 0.355 e. The molecule has 0 bridgehead atoms. The Labute approximate surface area is 202 Å². The van der Waals surface area contributed by atoms with Gasteiger partial charge in [-0.1, -0.05) is 31.1 Å². The maximum atomic E-state index is 14.4. The van der Waals surface area contributed by atoms with E-state index >= 15 is 0 Å². The number of amides is 1. The van der Waals surface area contributed by atoms with Gasteiger partial charge in [-0.2, -0.15) is 10.2 Å². The first-order chi connectivity index (χ1) is 16.7. The van der Waals surface area contributed by atoms with Crippen molar-refractivity contribution < 1.29 is 18.2 Å². The molecule has 2 aliphatic rings. The van der Waals surface area contributed by atoms with Gasteiger partial charge < -0.3 is 18.8 Å². The molecule has 0 N–H and O–H groups in total. The van der Waals surface area contributed by atoms with Gasteiger partial charge >= 0.3 is 6.01 Å². The summed E-state index contributed by atoms with van der Waals surface area (Å²) in [4.78, 5) is 22.0. The molecule has 182 valence electrons. The van der Waals surface area contributed by atoms with Crippen molar-refractivity contribution in [3.63, 3.8) is 0 Å². The van der Waals surface area contributed by atoms with Gasteiger partial charge in [-0.15, -0.1) is 0 Å². The predicted octanol–water partition coefficient (Wildman–Crippen LogP) is 4.31. The molecule has 9 nitrogen and oxygen atoms in total. The minimum absolute atomic E-state index is 0.0584. The Morgan fingerprint density at radius 2 is 1.83 bits per heavy atom. The van der Waals surface area contributed by atoms with Crippen molar-refractivity contribution in [2.75, 3.05) is 18.0 Å². The Bertz CT molecular complexity index is 1270. The fraction of sp³-hybridized carbons (Fsp3) is 0.480. The van der Waals surface area contributed by atoms with Crippen molar-refractivity contribution in [1.82, 2.24) is 20.2 Å². The van der Waals surface area contributed by atoms with Gasteiger partial charge in [0.05, 0.1) is 17.2 Å².